The van der Waals surface area contributed by atoms with Gasteiger partial charge in [-0.1, -0.05) is 25.1 Å². The number of nitrogens with one attached hydrogen (secondary N) is 1. The van der Waals surface area contributed by atoms with Crippen molar-refractivity contribution in [2.24, 2.45) is 0 Å². The quantitative estimate of drug-likeness (QED) is 0.472. The van der Waals surface area contributed by atoms with Crippen LogP contribution in [0.25, 0.3) is 0 Å². The third-order valence-electron chi connectivity index (χ3n) is 1.90. The largest absolute Gasteiger partial charge is 0.423 e. The summed E-state index contributed by atoms with van der Waals surface area (Å²) in [5.41, 5.74) is 2.55. The zero-order chi connectivity index (χ0) is 12.7. The standard InChI is InChI=1S/C11H16NO3PS/c1-3-7-11(12-14-2)15-16(13,17)10-8-5-4-6-9-10/h4-9,12H,3H2,1-2H3,(H,13,17). The molecule has 0 bridgehead atoms. The van der Waals surface area contributed by atoms with E-state index in [2.05, 4.69) is 5.48 Å². The molecule has 0 aliphatic heterocycles. The smallest absolute Gasteiger partial charge is 0.267 e. The summed E-state index contributed by atoms with van der Waals surface area (Å²) in [4.78, 5) is 14.9. The maximum atomic E-state index is 10.2. The molecule has 2 N–H and O–H groups in total. The molecule has 6 heteroatoms. The molecule has 1 unspecified atom stereocenters. The van der Waals surface area contributed by atoms with Gasteiger partial charge in [-0.15, -0.1) is 0 Å². The molecule has 1 atom stereocenters. The fourth-order valence-electron chi connectivity index (χ4n) is 1.19. The highest BCUT2D eigenvalue weighted by Crippen LogP contribution is 2.42. The van der Waals surface area contributed by atoms with Crippen LogP contribution >= 0.6 is 6.49 Å². The van der Waals surface area contributed by atoms with Crippen LogP contribution in [0.5, 0.6) is 0 Å². The Bertz CT molecular complexity index is 422. The van der Waals surface area contributed by atoms with Crippen LogP contribution in [0.4, 0.5) is 0 Å². The predicted molar refractivity (Wildman–Crippen MR) is 72.2 cm³/mol. The van der Waals surface area contributed by atoms with E-state index in [4.69, 9.17) is 21.2 Å². The van der Waals surface area contributed by atoms with E-state index in [1.54, 1.807) is 18.2 Å². The summed E-state index contributed by atoms with van der Waals surface area (Å²) >= 11 is 5.12. The van der Waals surface area contributed by atoms with Gasteiger partial charge in [-0.25, -0.2) is 5.48 Å². The van der Waals surface area contributed by atoms with Crippen LogP contribution in [0.2, 0.25) is 0 Å². The van der Waals surface area contributed by atoms with E-state index in [-0.39, 0.29) is 0 Å². The summed E-state index contributed by atoms with van der Waals surface area (Å²) in [5, 5.41) is 0.606. The SMILES string of the molecule is CCC=C(NOC)OP(O)(=S)c1ccccc1. The molecule has 17 heavy (non-hydrogen) atoms. The van der Waals surface area contributed by atoms with Gasteiger partial charge in [0, 0.05) is 5.30 Å². The Morgan fingerprint density at radius 1 is 1.47 bits per heavy atom. The zero-order valence-electron chi connectivity index (χ0n) is 9.79. The summed E-state index contributed by atoms with van der Waals surface area (Å²) in [6.45, 7) is -1.09. The van der Waals surface area contributed by atoms with Crippen molar-refractivity contribution < 1.29 is 14.3 Å². The number of benzene rings is 1. The molecule has 0 aliphatic carbocycles. The van der Waals surface area contributed by atoms with Crippen LogP contribution < -0.4 is 10.8 Å². The Labute approximate surface area is 106 Å². The molecule has 0 radical (unpaired) electrons. The van der Waals surface area contributed by atoms with Crippen LogP contribution in [-0.4, -0.2) is 12.0 Å². The van der Waals surface area contributed by atoms with Gasteiger partial charge in [0.15, 0.2) is 0 Å². The fraction of sp³-hybridized carbons (Fsp3) is 0.273. The lowest BCUT2D eigenvalue weighted by molar-refractivity contribution is 0.0839. The van der Waals surface area contributed by atoms with Crippen LogP contribution in [0.15, 0.2) is 42.3 Å². The van der Waals surface area contributed by atoms with Crippen LogP contribution in [0.1, 0.15) is 13.3 Å². The number of hydrogen-bond donors (Lipinski definition) is 2. The highest BCUT2D eigenvalue weighted by molar-refractivity contribution is 8.13. The maximum absolute atomic E-state index is 10.2. The molecule has 0 spiro atoms. The van der Waals surface area contributed by atoms with Gasteiger partial charge in [0.05, 0.1) is 7.11 Å². The molecule has 4 nitrogen and oxygen atoms in total. The summed E-state index contributed by atoms with van der Waals surface area (Å²) in [6, 6.07) is 8.97. The minimum atomic E-state index is -3.04. The molecule has 94 valence electrons. The molecular weight excluding hydrogens is 257 g/mol. The highest BCUT2D eigenvalue weighted by atomic mass is 32.5. The van der Waals surface area contributed by atoms with Gasteiger partial charge in [0.2, 0.25) is 5.88 Å². The molecule has 0 saturated carbocycles. The second-order valence-electron chi connectivity index (χ2n) is 3.23. The topological polar surface area (TPSA) is 50.7 Å². The van der Waals surface area contributed by atoms with Crippen molar-refractivity contribution in [2.75, 3.05) is 7.11 Å². The summed E-state index contributed by atoms with van der Waals surface area (Å²) in [7, 11) is 1.47. The molecule has 0 aliphatic rings. The average molecular weight is 273 g/mol. The van der Waals surface area contributed by atoms with Gasteiger partial charge in [0.25, 0.3) is 6.49 Å². The van der Waals surface area contributed by atoms with Crippen molar-refractivity contribution in [1.82, 2.24) is 5.48 Å². The predicted octanol–water partition coefficient (Wildman–Crippen LogP) is 2.03. The minimum Gasteiger partial charge on any atom is -0.423 e. The van der Waals surface area contributed by atoms with E-state index >= 15 is 0 Å². The molecule has 0 fully saturated rings. The third-order valence-corrected chi connectivity index (χ3v) is 4.15. The summed E-state index contributed by atoms with van der Waals surface area (Å²) in [6.07, 6.45) is 2.50. The van der Waals surface area contributed by atoms with Crippen molar-refractivity contribution in [3.05, 3.63) is 42.3 Å². The Balaban J connectivity index is 2.85. The molecule has 1 rings (SSSR count). The van der Waals surface area contributed by atoms with E-state index in [0.717, 1.165) is 6.42 Å². The Hall–Kier alpha value is -0.870. The first-order valence-electron chi connectivity index (χ1n) is 5.17. The molecule has 1 aromatic rings. The van der Waals surface area contributed by atoms with E-state index < -0.39 is 6.49 Å². The molecule has 0 aromatic heterocycles. The van der Waals surface area contributed by atoms with Gasteiger partial charge < -0.3 is 9.42 Å². The van der Waals surface area contributed by atoms with Crippen molar-refractivity contribution in [3.8, 4) is 0 Å². The van der Waals surface area contributed by atoms with Crippen LogP contribution in [-0.2, 0) is 21.2 Å². The maximum Gasteiger partial charge on any atom is 0.267 e. The Morgan fingerprint density at radius 3 is 2.65 bits per heavy atom. The van der Waals surface area contributed by atoms with E-state index in [9.17, 15) is 4.89 Å². The number of rotatable bonds is 6. The normalized spacial score (nSPS) is 15.1. The molecule has 1 aromatic carbocycles. The van der Waals surface area contributed by atoms with Gasteiger partial charge in [-0.05, 0) is 36.4 Å². The summed E-state index contributed by atoms with van der Waals surface area (Å²) in [5.74, 6) is 0.338. The van der Waals surface area contributed by atoms with E-state index in [1.807, 2.05) is 25.1 Å². The zero-order valence-corrected chi connectivity index (χ0v) is 11.5. The molecule has 0 saturated heterocycles. The lowest BCUT2D eigenvalue weighted by Gasteiger charge is -2.19. The van der Waals surface area contributed by atoms with Crippen molar-refractivity contribution >= 4 is 23.6 Å². The Morgan fingerprint density at radius 2 is 2.12 bits per heavy atom. The van der Waals surface area contributed by atoms with Crippen LogP contribution in [0.3, 0.4) is 0 Å². The van der Waals surface area contributed by atoms with Crippen molar-refractivity contribution in [3.63, 3.8) is 0 Å². The molecule has 0 amide bonds. The van der Waals surface area contributed by atoms with Crippen LogP contribution in [0, 0.1) is 0 Å². The fourth-order valence-corrected chi connectivity index (χ4v) is 2.82. The monoisotopic (exact) mass is 273 g/mol. The van der Waals surface area contributed by atoms with E-state index in [0.29, 0.717) is 11.2 Å². The van der Waals surface area contributed by atoms with E-state index in [1.165, 1.54) is 7.11 Å². The molecular formula is C11H16NO3PS. The minimum absolute atomic E-state index is 0.338. The first-order chi connectivity index (χ1) is 8.10. The van der Waals surface area contributed by atoms with Crippen molar-refractivity contribution in [2.45, 2.75) is 13.3 Å². The van der Waals surface area contributed by atoms with Gasteiger partial charge in [-0.3, -0.25) is 4.84 Å². The number of allylic oxidation sites excluding steroid dienone is 1. The lowest BCUT2D eigenvalue weighted by Crippen LogP contribution is -2.16. The van der Waals surface area contributed by atoms with Gasteiger partial charge in [-0.2, -0.15) is 0 Å². The number of hydrogen-bond acceptors (Lipinski definition) is 4. The van der Waals surface area contributed by atoms with Gasteiger partial charge in [0.1, 0.15) is 0 Å². The second kappa shape index (κ2) is 6.77. The van der Waals surface area contributed by atoms with Gasteiger partial charge >= 0.3 is 0 Å². The highest BCUT2D eigenvalue weighted by Gasteiger charge is 2.19. The first kappa shape index (κ1) is 14.2. The summed E-state index contributed by atoms with van der Waals surface area (Å²) < 4.78 is 5.41. The Kier molecular flexibility index (Phi) is 5.65. The van der Waals surface area contributed by atoms with Crippen molar-refractivity contribution in [1.29, 1.82) is 0 Å². The number of hydroxylamine groups is 1. The first-order valence-corrected chi connectivity index (χ1v) is 7.84. The molecule has 0 heterocycles. The second-order valence-corrected chi connectivity index (χ2v) is 6.45. The average Bonchev–Trinajstić information content (AvgIpc) is 2.30. The lowest BCUT2D eigenvalue weighted by atomic mass is 10.4. The third kappa shape index (κ3) is 4.48.